The molecule has 128 valence electrons. The standard InChI is InChI=1S/C11H14FNO.C5H8O4/c1-13-7-10-11-8(5-6-14-10)3-2-4-9(11)12;6-4(7)2-1-3-5(8)9/h2-4,10,13H,5-7H2,1H3;1-3H2,(H,6,7)(H,8,9)/t10-;/m0./s1. The van der Waals surface area contributed by atoms with Crippen molar-refractivity contribution in [2.45, 2.75) is 31.8 Å². The normalized spacial score (nSPS) is 16.0. The van der Waals surface area contributed by atoms with Crippen molar-refractivity contribution in [2.75, 3.05) is 20.2 Å². The second-order valence-corrected chi connectivity index (χ2v) is 5.12. The molecule has 0 radical (unpaired) electrons. The van der Waals surface area contributed by atoms with Gasteiger partial charge in [-0.25, -0.2) is 4.39 Å². The van der Waals surface area contributed by atoms with Gasteiger partial charge in [-0.1, -0.05) is 12.1 Å². The van der Waals surface area contributed by atoms with Crippen molar-refractivity contribution in [3.63, 3.8) is 0 Å². The van der Waals surface area contributed by atoms with E-state index >= 15 is 0 Å². The minimum atomic E-state index is -0.948. The van der Waals surface area contributed by atoms with Crippen molar-refractivity contribution in [1.82, 2.24) is 5.32 Å². The summed E-state index contributed by atoms with van der Waals surface area (Å²) in [5.74, 6) is -2.05. The highest BCUT2D eigenvalue weighted by molar-refractivity contribution is 5.69. The molecule has 7 heteroatoms. The summed E-state index contributed by atoms with van der Waals surface area (Å²) < 4.78 is 19.1. The van der Waals surface area contributed by atoms with E-state index in [1.807, 2.05) is 13.1 Å². The summed E-state index contributed by atoms with van der Waals surface area (Å²) in [7, 11) is 1.85. The molecule has 1 atom stereocenters. The molecule has 0 aromatic heterocycles. The number of aliphatic carboxylic acids is 2. The van der Waals surface area contributed by atoms with E-state index in [9.17, 15) is 14.0 Å². The molecule has 0 saturated carbocycles. The molecular formula is C16H22FNO5. The third-order valence-electron chi connectivity index (χ3n) is 3.33. The Hall–Kier alpha value is -1.99. The lowest BCUT2D eigenvalue weighted by Gasteiger charge is -2.26. The molecule has 2 rings (SSSR count). The first kappa shape index (κ1) is 19.1. The number of benzene rings is 1. The minimum absolute atomic E-state index is 0.0632. The maximum atomic E-state index is 13.5. The van der Waals surface area contributed by atoms with Crippen LogP contribution < -0.4 is 5.32 Å². The van der Waals surface area contributed by atoms with Crippen LogP contribution in [0.3, 0.4) is 0 Å². The zero-order valence-corrected chi connectivity index (χ0v) is 13.0. The van der Waals surface area contributed by atoms with Gasteiger partial charge < -0.3 is 20.3 Å². The number of rotatable bonds is 6. The van der Waals surface area contributed by atoms with Crippen molar-refractivity contribution >= 4 is 11.9 Å². The quantitative estimate of drug-likeness (QED) is 0.739. The Balaban J connectivity index is 0.000000257. The molecule has 0 fully saturated rings. The number of carboxylic acids is 2. The van der Waals surface area contributed by atoms with E-state index in [0.717, 1.165) is 17.5 Å². The fourth-order valence-electron chi connectivity index (χ4n) is 2.29. The average Bonchev–Trinajstić information content (AvgIpc) is 2.48. The summed E-state index contributed by atoms with van der Waals surface area (Å²) in [6.07, 6.45) is 0.765. The SMILES string of the molecule is CNC[C@@H]1OCCc2cccc(F)c21.O=C(O)CCCC(=O)O. The van der Waals surface area contributed by atoms with Crippen LogP contribution in [0.1, 0.15) is 36.5 Å². The Morgan fingerprint density at radius 2 is 1.96 bits per heavy atom. The third-order valence-corrected chi connectivity index (χ3v) is 3.33. The second-order valence-electron chi connectivity index (χ2n) is 5.12. The Kier molecular flexibility index (Phi) is 8.21. The van der Waals surface area contributed by atoms with Crippen molar-refractivity contribution in [3.05, 3.63) is 35.1 Å². The molecule has 0 aliphatic carbocycles. The zero-order valence-electron chi connectivity index (χ0n) is 13.0. The highest BCUT2D eigenvalue weighted by Crippen LogP contribution is 2.28. The minimum Gasteiger partial charge on any atom is -0.481 e. The van der Waals surface area contributed by atoms with E-state index in [1.165, 1.54) is 6.07 Å². The molecule has 1 aromatic rings. The largest absolute Gasteiger partial charge is 0.481 e. The Bertz CT molecular complexity index is 521. The maximum absolute atomic E-state index is 13.5. The average molecular weight is 327 g/mol. The number of nitrogens with one attached hydrogen (secondary N) is 1. The van der Waals surface area contributed by atoms with Gasteiger partial charge in [-0.05, 0) is 31.5 Å². The van der Waals surface area contributed by atoms with Gasteiger partial charge in [0, 0.05) is 24.9 Å². The molecule has 0 bridgehead atoms. The summed E-state index contributed by atoms with van der Waals surface area (Å²) >= 11 is 0. The Morgan fingerprint density at radius 1 is 1.30 bits per heavy atom. The first-order valence-corrected chi connectivity index (χ1v) is 7.42. The lowest BCUT2D eigenvalue weighted by molar-refractivity contribution is -0.138. The number of fused-ring (bicyclic) bond motifs is 1. The van der Waals surface area contributed by atoms with Crippen LogP contribution in [0, 0.1) is 5.82 Å². The molecule has 0 saturated heterocycles. The predicted octanol–water partition coefficient (Wildman–Crippen LogP) is 1.98. The van der Waals surface area contributed by atoms with Gasteiger partial charge in [0.15, 0.2) is 0 Å². The van der Waals surface area contributed by atoms with Crippen LogP contribution in [-0.2, 0) is 20.7 Å². The molecule has 1 aromatic carbocycles. The zero-order chi connectivity index (χ0) is 17.2. The summed E-state index contributed by atoms with van der Waals surface area (Å²) in [4.78, 5) is 19.6. The topological polar surface area (TPSA) is 95.9 Å². The van der Waals surface area contributed by atoms with E-state index in [-0.39, 0.29) is 31.2 Å². The smallest absolute Gasteiger partial charge is 0.303 e. The van der Waals surface area contributed by atoms with Crippen molar-refractivity contribution in [1.29, 1.82) is 0 Å². The number of ether oxygens (including phenoxy) is 1. The van der Waals surface area contributed by atoms with Crippen LogP contribution in [-0.4, -0.2) is 42.4 Å². The monoisotopic (exact) mass is 327 g/mol. The van der Waals surface area contributed by atoms with E-state index in [0.29, 0.717) is 13.2 Å². The lowest BCUT2D eigenvalue weighted by atomic mass is 9.97. The molecular weight excluding hydrogens is 305 g/mol. The second kappa shape index (κ2) is 9.91. The van der Waals surface area contributed by atoms with E-state index in [2.05, 4.69) is 5.32 Å². The molecule has 6 nitrogen and oxygen atoms in total. The highest BCUT2D eigenvalue weighted by Gasteiger charge is 2.23. The lowest BCUT2D eigenvalue weighted by Crippen LogP contribution is -2.26. The first-order valence-electron chi connectivity index (χ1n) is 7.42. The van der Waals surface area contributed by atoms with Gasteiger partial charge in [-0.2, -0.15) is 0 Å². The van der Waals surface area contributed by atoms with E-state index in [4.69, 9.17) is 14.9 Å². The highest BCUT2D eigenvalue weighted by atomic mass is 19.1. The van der Waals surface area contributed by atoms with Crippen LogP contribution >= 0.6 is 0 Å². The van der Waals surface area contributed by atoms with Crippen LogP contribution in [0.5, 0.6) is 0 Å². The molecule has 1 heterocycles. The van der Waals surface area contributed by atoms with Crippen molar-refractivity contribution in [2.24, 2.45) is 0 Å². The summed E-state index contributed by atoms with van der Waals surface area (Å²) in [5.41, 5.74) is 1.81. The molecule has 1 aliphatic heterocycles. The number of hydrogen-bond acceptors (Lipinski definition) is 4. The molecule has 0 amide bonds. The van der Waals surface area contributed by atoms with Crippen LogP contribution in [0.15, 0.2) is 18.2 Å². The molecule has 23 heavy (non-hydrogen) atoms. The Labute approximate surface area is 134 Å². The maximum Gasteiger partial charge on any atom is 0.303 e. The predicted molar refractivity (Wildman–Crippen MR) is 81.8 cm³/mol. The van der Waals surface area contributed by atoms with Crippen LogP contribution in [0.4, 0.5) is 4.39 Å². The van der Waals surface area contributed by atoms with Crippen LogP contribution in [0.2, 0.25) is 0 Å². The van der Waals surface area contributed by atoms with Gasteiger partial charge in [0.1, 0.15) is 5.82 Å². The van der Waals surface area contributed by atoms with Gasteiger partial charge in [0.25, 0.3) is 0 Å². The first-order chi connectivity index (χ1) is 11.0. The van der Waals surface area contributed by atoms with Gasteiger partial charge >= 0.3 is 11.9 Å². The molecule has 0 spiro atoms. The fraction of sp³-hybridized carbons (Fsp3) is 0.500. The van der Waals surface area contributed by atoms with Gasteiger partial charge in [0.05, 0.1) is 12.7 Å². The number of likely N-dealkylation sites (N-methyl/N-ethyl adjacent to an activating group) is 1. The third kappa shape index (κ3) is 6.75. The summed E-state index contributed by atoms with van der Waals surface area (Å²) in [6, 6.07) is 5.23. The summed E-state index contributed by atoms with van der Waals surface area (Å²) in [5, 5.41) is 19.1. The van der Waals surface area contributed by atoms with Gasteiger partial charge in [-0.3, -0.25) is 9.59 Å². The summed E-state index contributed by atoms with van der Waals surface area (Å²) in [6.45, 7) is 1.34. The number of carboxylic acid groups (broad SMARTS) is 2. The molecule has 0 unspecified atom stereocenters. The van der Waals surface area contributed by atoms with Crippen LogP contribution in [0.25, 0.3) is 0 Å². The number of halogens is 1. The van der Waals surface area contributed by atoms with Gasteiger partial charge in [0.2, 0.25) is 0 Å². The molecule has 3 N–H and O–H groups in total. The van der Waals surface area contributed by atoms with E-state index < -0.39 is 11.9 Å². The van der Waals surface area contributed by atoms with Crippen molar-refractivity contribution in [3.8, 4) is 0 Å². The number of hydrogen-bond donors (Lipinski definition) is 3. The van der Waals surface area contributed by atoms with E-state index in [1.54, 1.807) is 6.07 Å². The number of carbonyl (C=O) groups is 2. The fourth-order valence-corrected chi connectivity index (χ4v) is 2.29. The van der Waals surface area contributed by atoms with Crippen molar-refractivity contribution < 1.29 is 28.9 Å². The Morgan fingerprint density at radius 3 is 2.52 bits per heavy atom. The molecule has 1 aliphatic rings. The van der Waals surface area contributed by atoms with Gasteiger partial charge in [-0.15, -0.1) is 0 Å².